The first kappa shape index (κ1) is 15.7. The van der Waals surface area contributed by atoms with E-state index in [9.17, 15) is 4.79 Å². The van der Waals surface area contributed by atoms with E-state index >= 15 is 0 Å². The van der Waals surface area contributed by atoms with E-state index in [2.05, 4.69) is 13.8 Å². The first-order valence-corrected chi connectivity index (χ1v) is 7.24. The van der Waals surface area contributed by atoms with Gasteiger partial charge in [-0.05, 0) is 12.3 Å². The van der Waals surface area contributed by atoms with Crippen LogP contribution in [-0.2, 0) is 4.79 Å². The molecule has 0 radical (unpaired) electrons. The maximum absolute atomic E-state index is 10.2. The van der Waals surface area contributed by atoms with E-state index in [1.165, 1.54) is 57.8 Å². The summed E-state index contributed by atoms with van der Waals surface area (Å²) in [6.07, 6.45) is 15.3. The van der Waals surface area contributed by atoms with Crippen LogP contribution in [0.1, 0.15) is 84.5 Å². The predicted octanol–water partition coefficient (Wildman–Crippen LogP) is 5.13. The fourth-order valence-electron chi connectivity index (χ4n) is 2.12. The summed E-state index contributed by atoms with van der Waals surface area (Å²) in [6, 6.07) is 0. The van der Waals surface area contributed by atoms with Crippen LogP contribution in [0.15, 0.2) is 0 Å². The minimum atomic E-state index is 0.741. The number of hydrogen-bond donors (Lipinski definition) is 0. The molecule has 96 valence electrons. The lowest BCUT2D eigenvalue weighted by Crippen LogP contribution is -1.95. The number of carbonyl (C=O) groups excluding carboxylic acids is 1. The fourth-order valence-corrected chi connectivity index (χ4v) is 2.12. The SMILES string of the molecule is CCCCCCCCCCC(C)CCC=O. The van der Waals surface area contributed by atoms with Gasteiger partial charge in [0.2, 0.25) is 0 Å². The first-order chi connectivity index (χ1) is 7.81. The third kappa shape index (κ3) is 11.7. The molecule has 0 saturated heterocycles. The van der Waals surface area contributed by atoms with Crippen molar-refractivity contribution in [3.8, 4) is 0 Å². The highest BCUT2D eigenvalue weighted by atomic mass is 16.1. The van der Waals surface area contributed by atoms with Gasteiger partial charge in [0.15, 0.2) is 0 Å². The number of unbranched alkanes of at least 4 members (excludes halogenated alkanes) is 7. The summed E-state index contributed by atoms with van der Waals surface area (Å²) in [5, 5.41) is 0. The molecule has 1 unspecified atom stereocenters. The lowest BCUT2D eigenvalue weighted by atomic mass is 9.98. The van der Waals surface area contributed by atoms with Crippen LogP contribution in [-0.4, -0.2) is 6.29 Å². The second-order valence-corrected chi connectivity index (χ2v) is 5.11. The summed E-state index contributed by atoms with van der Waals surface area (Å²) in [5.74, 6) is 0.741. The Morgan fingerprint density at radius 1 is 0.875 bits per heavy atom. The maximum atomic E-state index is 10.2. The second-order valence-electron chi connectivity index (χ2n) is 5.11. The lowest BCUT2D eigenvalue weighted by Gasteiger charge is -2.08. The summed E-state index contributed by atoms with van der Waals surface area (Å²) in [6.45, 7) is 4.53. The Labute approximate surface area is 102 Å². The van der Waals surface area contributed by atoms with Crippen molar-refractivity contribution < 1.29 is 4.79 Å². The van der Waals surface area contributed by atoms with Crippen molar-refractivity contribution in [1.29, 1.82) is 0 Å². The number of aldehydes is 1. The largest absolute Gasteiger partial charge is 0.303 e. The Kier molecular flexibility index (Phi) is 12.5. The van der Waals surface area contributed by atoms with Gasteiger partial charge < -0.3 is 4.79 Å². The lowest BCUT2D eigenvalue weighted by molar-refractivity contribution is -0.108. The second kappa shape index (κ2) is 12.7. The standard InChI is InChI=1S/C15H30O/c1-3-4-5-6-7-8-9-10-12-15(2)13-11-14-16/h14-15H,3-13H2,1-2H3. The molecular formula is C15H30O. The zero-order chi connectivity index (χ0) is 12.1. The Hall–Kier alpha value is -0.330. The van der Waals surface area contributed by atoms with Crippen molar-refractivity contribution in [3.05, 3.63) is 0 Å². The van der Waals surface area contributed by atoms with Crippen LogP contribution in [0.4, 0.5) is 0 Å². The molecule has 1 nitrogen and oxygen atoms in total. The molecule has 0 amide bonds. The molecule has 0 aliphatic rings. The molecule has 0 rings (SSSR count). The van der Waals surface area contributed by atoms with E-state index in [1.54, 1.807) is 0 Å². The van der Waals surface area contributed by atoms with Gasteiger partial charge in [-0.1, -0.05) is 71.6 Å². The molecule has 0 aliphatic heterocycles. The van der Waals surface area contributed by atoms with Gasteiger partial charge in [0, 0.05) is 6.42 Å². The minimum Gasteiger partial charge on any atom is -0.303 e. The molecule has 0 bridgehead atoms. The average molecular weight is 226 g/mol. The van der Waals surface area contributed by atoms with E-state index in [-0.39, 0.29) is 0 Å². The molecule has 0 spiro atoms. The van der Waals surface area contributed by atoms with E-state index in [1.807, 2.05) is 0 Å². The highest BCUT2D eigenvalue weighted by Gasteiger charge is 2.00. The van der Waals surface area contributed by atoms with Gasteiger partial charge in [0.25, 0.3) is 0 Å². The van der Waals surface area contributed by atoms with Crippen LogP contribution in [0.5, 0.6) is 0 Å². The van der Waals surface area contributed by atoms with Crippen LogP contribution < -0.4 is 0 Å². The highest BCUT2D eigenvalue weighted by molar-refractivity contribution is 5.49. The van der Waals surface area contributed by atoms with Crippen LogP contribution in [0.2, 0.25) is 0 Å². The maximum Gasteiger partial charge on any atom is 0.120 e. The zero-order valence-electron chi connectivity index (χ0n) is 11.3. The molecular weight excluding hydrogens is 196 g/mol. The van der Waals surface area contributed by atoms with Gasteiger partial charge in [0.05, 0.1) is 0 Å². The third-order valence-corrected chi connectivity index (χ3v) is 3.33. The fraction of sp³-hybridized carbons (Fsp3) is 0.933. The summed E-state index contributed by atoms with van der Waals surface area (Å²) < 4.78 is 0. The molecule has 16 heavy (non-hydrogen) atoms. The van der Waals surface area contributed by atoms with Crippen LogP contribution in [0.25, 0.3) is 0 Å². The monoisotopic (exact) mass is 226 g/mol. The summed E-state index contributed by atoms with van der Waals surface area (Å²) in [7, 11) is 0. The van der Waals surface area contributed by atoms with Gasteiger partial charge in [0.1, 0.15) is 6.29 Å². The molecule has 0 aromatic carbocycles. The Morgan fingerprint density at radius 2 is 1.44 bits per heavy atom. The Morgan fingerprint density at radius 3 is 2.00 bits per heavy atom. The summed E-state index contributed by atoms with van der Waals surface area (Å²) in [4.78, 5) is 10.2. The van der Waals surface area contributed by atoms with Gasteiger partial charge in [-0.2, -0.15) is 0 Å². The molecule has 0 N–H and O–H groups in total. The summed E-state index contributed by atoms with van der Waals surface area (Å²) in [5.41, 5.74) is 0. The molecule has 1 heteroatoms. The van der Waals surface area contributed by atoms with Crippen molar-refractivity contribution in [3.63, 3.8) is 0 Å². The van der Waals surface area contributed by atoms with E-state index in [4.69, 9.17) is 0 Å². The van der Waals surface area contributed by atoms with Crippen molar-refractivity contribution >= 4 is 6.29 Å². The number of hydrogen-bond acceptors (Lipinski definition) is 1. The Balaban J connectivity index is 3.05. The predicted molar refractivity (Wildman–Crippen MR) is 71.7 cm³/mol. The van der Waals surface area contributed by atoms with Crippen LogP contribution in [0, 0.1) is 5.92 Å². The average Bonchev–Trinajstić information content (AvgIpc) is 2.30. The van der Waals surface area contributed by atoms with E-state index < -0.39 is 0 Å². The first-order valence-electron chi connectivity index (χ1n) is 7.24. The van der Waals surface area contributed by atoms with E-state index in [0.717, 1.165) is 25.0 Å². The van der Waals surface area contributed by atoms with Crippen molar-refractivity contribution in [2.75, 3.05) is 0 Å². The van der Waals surface area contributed by atoms with Crippen molar-refractivity contribution in [2.24, 2.45) is 5.92 Å². The van der Waals surface area contributed by atoms with Crippen LogP contribution >= 0.6 is 0 Å². The van der Waals surface area contributed by atoms with Crippen LogP contribution in [0.3, 0.4) is 0 Å². The summed E-state index contributed by atoms with van der Waals surface area (Å²) >= 11 is 0. The van der Waals surface area contributed by atoms with Gasteiger partial charge >= 0.3 is 0 Å². The van der Waals surface area contributed by atoms with Gasteiger partial charge in [-0.15, -0.1) is 0 Å². The van der Waals surface area contributed by atoms with Gasteiger partial charge in [-0.3, -0.25) is 0 Å². The number of carbonyl (C=O) groups is 1. The number of rotatable bonds is 12. The molecule has 0 fully saturated rings. The van der Waals surface area contributed by atoms with E-state index in [0.29, 0.717) is 0 Å². The normalized spacial score (nSPS) is 12.6. The van der Waals surface area contributed by atoms with Gasteiger partial charge in [-0.25, -0.2) is 0 Å². The molecule has 0 heterocycles. The zero-order valence-corrected chi connectivity index (χ0v) is 11.3. The highest BCUT2D eigenvalue weighted by Crippen LogP contribution is 2.15. The minimum absolute atomic E-state index is 0.741. The molecule has 0 aliphatic carbocycles. The molecule has 0 saturated carbocycles. The quantitative estimate of drug-likeness (QED) is 0.333. The molecule has 0 aromatic heterocycles. The Bertz CT molecular complexity index is 142. The van der Waals surface area contributed by atoms with Crippen molar-refractivity contribution in [1.82, 2.24) is 0 Å². The molecule has 0 aromatic rings. The topological polar surface area (TPSA) is 17.1 Å². The molecule has 1 atom stereocenters. The smallest absolute Gasteiger partial charge is 0.120 e. The third-order valence-electron chi connectivity index (χ3n) is 3.33. The van der Waals surface area contributed by atoms with Crippen molar-refractivity contribution in [2.45, 2.75) is 84.5 Å².